The lowest BCUT2D eigenvalue weighted by Crippen LogP contribution is -2.06. The van der Waals surface area contributed by atoms with E-state index in [1.807, 2.05) is 0 Å². The van der Waals surface area contributed by atoms with Gasteiger partial charge < -0.3 is 0 Å². The van der Waals surface area contributed by atoms with Gasteiger partial charge in [-0.05, 0) is 12.8 Å². The molecule has 0 aromatic heterocycles. The third-order valence-corrected chi connectivity index (χ3v) is 1.14. The Balaban J connectivity index is 3.07. The Hall–Kier alpha value is 0.140. The maximum atomic E-state index is 11.3. The highest BCUT2D eigenvalue weighted by Gasteiger charge is 2.25. The van der Waals surface area contributed by atoms with Crippen molar-refractivity contribution < 1.29 is 13.2 Å². The first kappa shape index (κ1) is 9.14. The largest absolute Gasteiger partial charge is 0.389 e. The molecule has 0 bridgehead atoms. The molecule has 9 heavy (non-hydrogen) atoms. The SMILES string of the molecule is FC(F)(F)CCCC[S]. The summed E-state index contributed by atoms with van der Waals surface area (Å²) < 4.78 is 34.0. The van der Waals surface area contributed by atoms with Crippen molar-refractivity contribution in [3.8, 4) is 0 Å². The lowest BCUT2D eigenvalue weighted by Gasteiger charge is -2.02. The molecule has 0 aromatic carbocycles. The number of alkyl halides is 3. The summed E-state index contributed by atoms with van der Waals surface area (Å²) in [6, 6.07) is 0. The molecule has 4 heteroatoms. The molecule has 0 spiro atoms. The molecule has 0 unspecified atom stereocenters. The fraction of sp³-hybridized carbons (Fsp3) is 1.00. The summed E-state index contributed by atoms with van der Waals surface area (Å²) in [5, 5.41) is 0. The summed E-state index contributed by atoms with van der Waals surface area (Å²) in [6.07, 6.45) is -4.02. The monoisotopic (exact) mass is 157 g/mol. The second-order valence-electron chi connectivity index (χ2n) is 1.78. The van der Waals surface area contributed by atoms with Gasteiger partial charge in [0.25, 0.3) is 0 Å². The van der Waals surface area contributed by atoms with Crippen LogP contribution in [0.1, 0.15) is 19.3 Å². The van der Waals surface area contributed by atoms with E-state index in [9.17, 15) is 13.2 Å². The first-order chi connectivity index (χ1) is 4.06. The zero-order valence-corrected chi connectivity index (χ0v) is 5.69. The Morgan fingerprint density at radius 3 is 2.00 bits per heavy atom. The van der Waals surface area contributed by atoms with E-state index in [0.29, 0.717) is 12.2 Å². The average Bonchev–Trinajstić information content (AvgIpc) is 1.63. The summed E-state index contributed by atoms with van der Waals surface area (Å²) in [5.41, 5.74) is 0. The third kappa shape index (κ3) is 8.14. The van der Waals surface area contributed by atoms with Gasteiger partial charge in [0.05, 0.1) is 0 Å². The number of unbranched alkanes of at least 4 members (excludes halogenated alkanes) is 1. The molecule has 0 saturated heterocycles. The molecule has 0 fully saturated rings. The molecule has 0 aliphatic heterocycles. The van der Waals surface area contributed by atoms with Gasteiger partial charge in [0, 0.05) is 12.2 Å². The van der Waals surface area contributed by atoms with Gasteiger partial charge in [-0.2, -0.15) is 13.2 Å². The van der Waals surface area contributed by atoms with Gasteiger partial charge in [-0.15, -0.1) is 0 Å². The Morgan fingerprint density at radius 1 is 1.11 bits per heavy atom. The molecule has 0 amide bonds. The fourth-order valence-electron chi connectivity index (χ4n) is 0.428. The van der Waals surface area contributed by atoms with Crippen LogP contribution < -0.4 is 0 Å². The number of hydrogen-bond donors (Lipinski definition) is 0. The van der Waals surface area contributed by atoms with E-state index in [-0.39, 0.29) is 6.42 Å². The summed E-state index contributed by atoms with van der Waals surface area (Å²) in [6.45, 7) is 0. The quantitative estimate of drug-likeness (QED) is 0.552. The lowest BCUT2D eigenvalue weighted by molar-refractivity contribution is -0.135. The summed E-state index contributed by atoms with van der Waals surface area (Å²) >= 11 is 4.47. The highest BCUT2D eigenvalue weighted by molar-refractivity contribution is 7.80. The number of halogens is 3. The predicted molar refractivity (Wildman–Crippen MR) is 32.4 cm³/mol. The topological polar surface area (TPSA) is 0 Å². The molecule has 0 atom stereocenters. The van der Waals surface area contributed by atoms with Gasteiger partial charge in [-0.1, -0.05) is 12.6 Å². The van der Waals surface area contributed by atoms with Crippen LogP contribution in [0.2, 0.25) is 0 Å². The van der Waals surface area contributed by atoms with Crippen molar-refractivity contribution in [3.05, 3.63) is 0 Å². The lowest BCUT2D eigenvalue weighted by atomic mass is 10.2. The van der Waals surface area contributed by atoms with Crippen LogP contribution in [0.4, 0.5) is 13.2 Å². The van der Waals surface area contributed by atoms with Crippen molar-refractivity contribution >= 4 is 12.6 Å². The van der Waals surface area contributed by atoms with Crippen LogP contribution in [0.5, 0.6) is 0 Å². The van der Waals surface area contributed by atoms with Gasteiger partial charge in [0.15, 0.2) is 0 Å². The maximum absolute atomic E-state index is 11.3. The van der Waals surface area contributed by atoms with Gasteiger partial charge in [0.2, 0.25) is 0 Å². The van der Waals surface area contributed by atoms with Gasteiger partial charge in [0.1, 0.15) is 0 Å². The minimum Gasteiger partial charge on any atom is -0.171 e. The van der Waals surface area contributed by atoms with E-state index >= 15 is 0 Å². The molecule has 0 N–H and O–H groups in total. The fourth-order valence-corrected chi connectivity index (χ4v) is 0.632. The van der Waals surface area contributed by atoms with Crippen LogP contribution >= 0.6 is 12.6 Å². The van der Waals surface area contributed by atoms with Crippen molar-refractivity contribution in [1.29, 1.82) is 0 Å². The van der Waals surface area contributed by atoms with Crippen LogP contribution in [-0.2, 0) is 0 Å². The molecular weight excluding hydrogens is 149 g/mol. The Morgan fingerprint density at radius 2 is 1.67 bits per heavy atom. The van der Waals surface area contributed by atoms with Crippen LogP contribution in [-0.4, -0.2) is 11.9 Å². The molecule has 55 valence electrons. The van der Waals surface area contributed by atoms with E-state index in [2.05, 4.69) is 12.6 Å². The number of hydrogen-bond acceptors (Lipinski definition) is 0. The highest BCUT2D eigenvalue weighted by atomic mass is 32.1. The first-order valence-electron chi connectivity index (χ1n) is 2.71. The van der Waals surface area contributed by atoms with E-state index in [0.717, 1.165) is 0 Å². The van der Waals surface area contributed by atoms with Crippen LogP contribution in [0, 0.1) is 0 Å². The highest BCUT2D eigenvalue weighted by Crippen LogP contribution is 2.21. The normalized spacial score (nSPS) is 12.0. The summed E-state index contributed by atoms with van der Waals surface area (Å²) in [4.78, 5) is 0. The molecule has 0 nitrogen and oxygen atoms in total. The minimum absolute atomic E-state index is 0.174. The molecule has 0 aliphatic carbocycles. The van der Waals surface area contributed by atoms with Crippen LogP contribution in [0.3, 0.4) is 0 Å². The first-order valence-corrected chi connectivity index (χ1v) is 3.29. The van der Waals surface area contributed by atoms with Crippen molar-refractivity contribution in [2.45, 2.75) is 25.4 Å². The Labute approximate surface area is 57.9 Å². The molecule has 0 rings (SSSR count). The summed E-state index contributed by atoms with van der Waals surface area (Å²) in [5.74, 6) is 0.427. The Kier molecular flexibility index (Phi) is 4.10. The third-order valence-electron chi connectivity index (χ3n) is 0.855. The van der Waals surface area contributed by atoms with Crippen LogP contribution in [0.25, 0.3) is 0 Å². The molecule has 0 heterocycles. The van der Waals surface area contributed by atoms with Crippen molar-refractivity contribution in [1.82, 2.24) is 0 Å². The second-order valence-corrected chi connectivity index (χ2v) is 2.18. The van der Waals surface area contributed by atoms with E-state index < -0.39 is 12.6 Å². The van der Waals surface area contributed by atoms with E-state index in [4.69, 9.17) is 0 Å². The number of rotatable bonds is 3. The zero-order chi connectivity index (χ0) is 7.33. The van der Waals surface area contributed by atoms with Crippen molar-refractivity contribution in [2.24, 2.45) is 0 Å². The maximum Gasteiger partial charge on any atom is 0.389 e. The van der Waals surface area contributed by atoms with Gasteiger partial charge >= 0.3 is 6.18 Å². The minimum atomic E-state index is -4.00. The molecule has 0 aliphatic rings. The van der Waals surface area contributed by atoms with Gasteiger partial charge in [-0.25, -0.2) is 0 Å². The Bertz CT molecular complexity index is 69.1. The van der Waals surface area contributed by atoms with Gasteiger partial charge in [-0.3, -0.25) is 0 Å². The van der Waals surface area contributed by atoms with E-state index in [1.165, 1.54) is 0 Å². The van der Waals surface area contributed by atoms with Crippen molar-refractivity contribution in [3.63, 3.8) is 0 Å². The molecule has 0 aromatic rings. The second kappa shape index (κ2) is 4.04. The standard InChI is InChI=1S/C5H8F3S/c6-5(7,8)3-1-2-4-9/h1-4H2. The smallest absolute Gasteiger partial charge is 0.171 e. The molecule has 1 radical (unpaired) electrons. The zero-order valence-electron chi connectivity index (χ0n) is 4.87. The van der Waals surface area contributed by atoms with Crippen LogP contribution in [0.15, 0.2) is 0 Å². The summed E-state index contributed by atoms with van der Waals surface area (Å²) in [7, 11) is 0. The molecule has 0 saturated carbocycles. The molecular formula is C5H8F3S. The predicted octanol–water partition coefficient (Wildman–Crippen LogP) is 2.92. The van der Waals surface area contributed by atoms with E-state index in [1.54, 1.807) is 0 Å². The average molecular weight is 157 g/mol. The van der Waals surface area contributed by atoms with Crippen molar-refractivity contribution in [2.75, 3.05) is 5.75 Å².